The molecule has 0 aliphatic heterocycles. The van der Waals surface area contributed by atoms with E-state index in [0.717, 1.165) is 12.3 Å². The smallest absolute Gasteiger partial charge is 0.249 e. The van der Waals surface area contributed by atoms with Crippen molar-refractivity contribution >= 4 is 11.8 Å². The highest BCUT2D eigenvalue weighted by Crippen LogP contribution is 2.29. The zero-order chi connectivity index (χ0) is 12.0. The van der Waals surface area contributed by atoms with E-state index in [-0.39, 0.29) is 0 Å². The number of pyridine rings is 1. The Kier molecular flexibility index (Phi) is 4.62. The molecule has 0 unspecified atom stereocenters. The average Bonchev–Trinajstić information content (AvgIpc) is 2.24. The van der Waals surface area contributed by atoms with Crippen LogP contribution >= 0.6 is 11.8 Å². The van der Waals surface area contributed by atoms with E-state index in [9.17, 15) is 13.2 Å². The lowest BCUT2D eigenvalue weighted by atomic mass is 10.3. The first-order chi connectivity index (χ1) is 7.54. The van der Waals surface area contributed by atoms with Crippen molar-refractivity contribution in [2.24, 2.45) is 0 Å². The summed E-state index contributed by atoms with van der Waals surface area (Å²) in [6.07, 6.45) is -2.35. The van der Waals surface area contributed by atoms with Crippen molar-refractivity contribution in [2.75, 3.05) is 5.75 Å². The van der Waals surface area contributed by atoms with Gasteiger partial charge in [-0.1, -0.05) is 0 Å². The molecule has 0 spiro atoms. The molecule has 2 nitrogen and oxygen atoms in total. The van der Waals surface area contributed by atoms with Gasteiger partial charge in [-0.25, -0.2) is 4.98 Å². The Bertz CT molecular complexity index is 367. The van der Waals surface area contributed by atoms with Gasteiger partial charge in [-0.3, -0.25) is 0 Å². The zero-order valence-corrected chi connectivity index (χ0v) is 9.11. The normalized spacial score (nSPS) is 11.1. The third kappa shape index (κ3) is 4.11. The van der Waals surface area contributed by atoms with Crippen LogP contribution in [0.1, 0.15) is 18.4 Å². The molecule has 0 fully saturated rings. The summed E-state index contributed by atoms with van der Waals surface area (Å²) in [5.41, 5.74) is -0.742. The van der Waals surface area contributed by atoms with Crippen LogP contribution in [0.4, 0.5) is 13.2 Å². The van der Waals surface area contributed by atoms with Gasteiger partial charge < -0.3 is 0 Å². The van der Waals surface area contributed by atoms with Crippen molar-refractivity contribution in [3.8, 4) is 6.07 Å². The molecule has 0 saturated carbocycles. The van der Waals surface area contributed by atoms with E-state index < -0.39 is 11.7 Å². The maximum Gasteiger partial charge on any atom is 0.417 e. The molecule has 1 aromatic rings. The largest absolute Gasteiger partial charge is 0.417 e. The molecule has 0 N–H and O–H groups in total. The summed E-state index contributed by atoms with van der Waals surface area (Å²) >= 11 is 1.35. The van der Waals surface area contributed by atoms with Gasteiger partial charge >= 0.3 is 6.18 Å². The topological polar surface area (TPSA) is 36.7 Å². The second-order valence-corrected chi connectivity index (χ2v) is 4.11. The quantitative estimate of drug-likeness (QED) is 0.602. The van der Waals surface area contributed by atoms with E-state index in [2.05, 4.69) is 4.98 Å². The summed E-state index contributed by atoms with van der Waals surface area (Å²) in [7, 11) is 0. The first kappa shape index (κ1) is 12.8. The molecule has 16 heavy (non-hydrogen) atoms. The molecule has 0 aliphatic carbocycles. The first-order valence-corrected chi connectivity index (χ1v) is 5.55. The maximum atomic E-state index is 12.2. The minimum atomic E-state index is -4.34. The second-order valence-electron chi connectivity index (χ2n) is 2.99. The molecule has 86 valence electrons. The monoisotopic (exact) mass is 246 g/mol. The van der Waals surface area contributed by atoms with Crippen molar-refractivity contribution in [1.82, 2.24) is 4.98 Å². The minimum absolute atomic E-state index is 0.452. The lowest BCUT2D eigenvalue weighted by molar-refractivity contribution is -0.137. The summed E-state index contributed by atoms with van der Waals surface area (Å²) in [5, 5.41) is 8.84. The van der Waals surface area contributed by atoms with Gasteiger partial charge in [-0.2, -0.15) is 18.4 Å². The Morgan fingerprint density at radius 1 is 1.38 bits per heavy atom. The van der Waals surface area contributed by atoms with Gasteiger partial charge in [0.1, 0.15) is 0 Å². The summed E-state index contributed by atoms with van der Waals surface area (Å²) in [5.74, 6) is 0.686. The predicted octanol–water partition coefficient (Wildman–Crippen LogP) is 3.50. The number of halogens is 3. The first-order valence-electron chi connectivity index (χ1n) is 4.57. The highest BCUT2D eigenvalue weighted by molar-refractivity contribution is 7.99. The molecule has 0 aromatic carbocycles. The number of nitriles is 1. The van der Waals surface area contributed by atoms with Crippen LogP contribution < -0.4 is 0 Å². The third-order valence-electron chi connectivity index (χ3n) is 1.75. The van der Waals surface area contributed by atoms with E-state index in [4.69, 9.17) is 5.26 Å². The van der Waals surface area contributed by atoms with E-state index in [1.807, 2.05) is 6.07 Å². The van der Waals surface area contributed by atoms with Crippen molar-refractivity contribution in [3.05, 3.63) is 23.9 Å². The number of alkyl halides is 3. The van der Waals surface area contributed by atoms with Gasteiger partial charge in [0.25, 0.3) is 0 Å². The Morgan fingerprint density at radius 2 is 2.12 bits per heavy atom. The molecule has 0 radical (unpaired) electrons. The van der Waals surface area contributed by atoms with Crippen LogP contribution in [0.5, 0.6) is 0 Å². The summed E-state index contributed by atoms with van der Waals surface area (Å²) < 4.78 is 36.6. The van der Waals surface area contributed by atoms with Crippen LogP contribution in [0.2, 0.25) is 0 Å². The SMILES string of the molecule is N#CCCCSc1ccc(C(F)(F)F)cn1. The van der Waals surface area contributed by atoms with Crippen LogP contribution in [0.15, 0.2) is 23.4 Å². The van der Waals surface area contributed by atoms with E-state index in [1.165, 1.54) is 17.8 Å². The van der Waals surface area contributed by atoms with Gasteiger partial charge in [0.2, 0.25) is 0 Å². The molecule has 6 heteroatoms. The average molecular weight is 246 g/mol. The molecule has 0 amide bonds. The van der Waals surface area contributed by atoms with E-state index >= 15 is 0 Å². The van der Waals surface area contributed by atoms with Crippen LogP contribution in [0.25, 0.3) is 0 Å². The number of hydrogen-bond donors (Lipinski definition) is 0. The number of nitrogens with zero attached hydrogens (tertiary/aromatic N) is 2. The second kappa shape index (κ2) is 5.75. The number of rotatable bonds is 4. The highest BCUT2D eigenvalue weighted by Gasteiger charge is 2.30. The summed E-state index contributed by atoms with van der Waals surface area (Å²) in [6.45, 7) is 0. The van der Waals surface area contributed by atoms with Gasteiger partial charge in [-0.15, -0.1) is 11.8 Å². The molecule has 1 heterocycles. The molecular weight excluding hydrogens is 237 g/mol. The summed E-state index contributed by atoms with van der Waals surface area (Å²) in [4.78, 5) is 3.70. The van der Waals surface area contributed by atoms with Crippen molar-refractivity contribution in [1.29, 1.82) is 5.26 Å². The molecule has 0 saturated heterocycles. The van der Waals surface area contributed by atoms with Crippen LogP contribution in [-0.2, 0) is 6.18 Å². The Morgan fingerprint density at radius 3 is 2.62 bits per heavy atom. The van der Waals surface area contributed by atoms with Crippen LogP contribution in [-0.4, -0.2) is 10.7 Å². The standard InChI is InChI=1S/C10H9F3N2S/c11-10(12,13)8-3-4-9(15-7-8)16-6-2-1-5-14/h3-4,7H,1-2,6H2. The van der Waals surface area contributed by atoms with Crippen molar-refractivity contribution < 1.29 is 13.2 Å². The fraction of sp³-hybridized carbons (Fsp3) is 0.400. The molecular formula is C10H9F3N2S. The minimum Gasteiger partial charge on any atom is -0.249 e. The Hall–Kier alpha value is -1.22. The Balaban J connectivity index is 2.49. The van der Waals surface area contributed by atoms with Crippen molar-refractivity contribution in [2.45, 2.75) is 24.0 Å². The predicted molar refractivity (Wildman–Crippen MR) is 54.8 cm³/mol. The molecule has 0 bridgehead atoms. The summed E-state index contributed by atoms with van der Waals surface area (Å²) in [6, 6.07) is 4.36. The number of hydrogen-bond acceptors (Lipinski definition) is 3. The van der Waals surface area contributed by atoms with E-state index in [1.54, 1.807) is 0 Å². The number of unbranched alkanes of at least 4 members (excludes halogenated alkanes) is 1. The fourth-order valence-electron chi connectivity index (χ4n) is 0.961. The van der Waals surface area contributed by atoms with Crippen molar-refractivity contribution in [3.63, 3.8) is 0 Å². The molecule has 1 aromatic heterocycles. The van der Waals surface area contributed by atoms with Gasteiger partial charge in [0, 0.05) is 18.4 Å². The van der Waals surface area contributed by atoms with Crippen LogP contribution in [0.3, 0.4) is 0 Å². The highest BCUT2D eigenvalue weighted by atomic mass is 32.2. The maximum absolute atomic E-state index is 12.2. The lowest BCUT2D eigenvalue weighted by Gasteiger charge is -2.06. The zero-order valence-electron chi connectivity index (χ0n) is 8.29. The Labute approximate surface area is 95.5 Å². The molecule has 1 rings (SSSR count). The molecule has 0 atom stereocenters. The molecule has 0 aliphatic rings. The number of thioether (sulfide) groups is 1. The van der Waals surface area contributed by atoms with Crippen LogP contribution in [0, 0.1) is 11.3 Å². The lowest BCUT2D eigenvalue weighted by Crippen LogP contribution is -2.05. The fourth-order valence-corrected chi connectivity index (χ4v) is 1.75. The van der Waals surface area contributed by atoms with Gasteiger partial charge in [0.15, 0.2) is 0 Å². The number of aromatic nitrogens is 1. The van der Waals surface area contributed by atoms with Gasteiger partial charge in [0.05, 0.1) is 16.7 Å². The van der Waals surface area contributed by atoms with E-state index in [0.29, 0.717) is 23.6 Å². The van der Waals surface area contributed by atoms with Gasteiger partial charge in [-0.05, 0) is 18.6 Å². The third-order valence-corrected chi connectivity index (χ3v) is 2.78.